The summed E-state index contributed by atoms with van der Waals surface area (Å²) in [6.45, 7) is 10.1. The normalized spacial score (nSPS) is 9.37. The average Bonchev–Trinajstić information content (AvgIpc) is 2.30. The summed E-state index contributed by atoms with van der Waals surface area (Å²) in [4.78, 5) is 11.9. The van der Waals surface area contributed by atoms with Crippen molar-refractivity contribution in [3.63, 3.8) is 0 Å². The van der Waals surface area contributed by atoms with E-state index in [1.807, 2.05) is 0 Å². The summed E-state index contributed by atoms with van der Waals surface area (Å²) in [6.07, 6.45) is 0. The lowest BCUT2D eigenvalue weighted by Gasteiger charge is -2.20. The van der Waals surface area contributed by atoms with E-state index in [4.69, 9.17) is 5.11 Å². The lowest BCUT2D eigenvalue weighted by atomic mass is 10.2. The number of hydrogen-bond donors (Lipinski definition) is 1. The van der Waals surface area contributed by atoms with Gasteiger partial charge in [-0.15, -0.1) is 12.4 Å². The van der Waals surface area contributed by atoms with Crippen LogP contribution in [0.4, 0.5) is 0 Å². The Hall–Kier alpha value is -1.32. The number of nitrogens with zero attached hydrogens (tertiary/aromatic N) is 1. The van der Waals surface area contributed by atoms with Crippen molar-refractivity contribution in [2.75, 3.05) is 7.05 Å². The van der Waals surface area contributed by atoms with Crippen LogP contribution >= 0.6 is 12.4 Å². The Bertz CT molecular complexity index is 365. The van der Waals surface area contributed by atoms with Gasteiger partial charge in [0.05, 0.1) is 0 Å². The zero-order valence-electron chi connectivity index (χ0n) is 12.1. The first-order chi connectivity index (χ1) is 8.34. The highest BCUT2D eigenvalue weighted by Gasteiger charge is 2.02. The molecule has 0 atom stereocenters. The highest BCUT2D eigenvalue weighted by molar-refractivity contribution is 5.85. The van der Waals surface area contributed by atoms with E-state index in [9.17, 15) is 4.79 Å². The maximum Gasteiger partial charge on any atom is 0.330 e. The van der Waals surface area contributed by atoms with Crippen LogP contribution in [0, 0.1) is 0 Å². The summed E-state index contributed by atoms with van der Waals surface area (Å²) in [5, 5.41) is 7.89. The molecule has 0 aromatic heterocycles. The molecule has 0 amide bonds. The largest absolute Gasteiger partial charge is 0.478 e. The monoisotopic (exact) mass is 285 g/mol. The molecule has 19 heavy (non-hydrogen) atoms. The van der Waals surface area contributed by atoms with E-state index in [1.54, 1.807) is 0 Å². The molecule has 0 aliphatic heterocycles. The van der Waals surface area contributed by atoms with Crippen molar-refractivity contribution in [2.45, 2.75) is 33.4 Å². The van der Waals surface area contributed by atoms with Gasteiger partial charge in [-0.3, -0.25) is 4.90 Å². The summed E-state index contributed by atoms with van der Waals surface area (Å²) in [5.41, 5.74) is 1.56. The number of carbonyl (C=O) groups is 1. The first kappa shape index (κ1) is 20.0. The molecule has 0 radical (unpaired) electrons. The number of hydrogen-bond acceptors (Lipinski definition) is 2. The maximum absolute atomic E-state index is 9.60. The van der Waals surface area contributed by atoms with E-state index in [2.05, 4.69) is 62.7 Å². The fraction of sp³-hybridized carbons (Fsp3) is 0.400. The molecule has 1 aromatic rings. The van der Waals surface area contributed by atoms with Crippen molar-refractivity contribution in [3.05, 3.63) is 48.0 Å². The Balaban J connectivity index is 0. The molecule has 0 spiro atoms. The Kier molecular flexibility index (Phi) is 11.1. The molecule has 1 N–H and O–H groups in total. The molecule has 0 fully saturated rings. The molecule has 108 valence electrons. The van der Waals surface area contributed by atoms with E-state index in [0.29, 0.717) is 6.04 Å². The van der Waals surface area contributed by atoms with Crippen molar-refractivity contribution < 1.29 is 9.90 Å². The minimum absolute atomic E-state index is 0. The minimum Gasteiger partial charge on any atom is -0.478 e. The quantitative estimate of drug-likeness (QED) is 0.860. The van der Waals surface area contributed by atoms with E-state index in [1.165, 1.54) is 12.5 Å². The van der Waals surface area contributed by atoms with Crippen LogP contribution in [0.2, 0.25) is 0 Å². The van der Waals surface area contributed by atoms with Crippen LogP contribution in [0.3, 0.4) is 0 Å². The van der Waals surface area contributed by atoms with Gasteiger partial charge in [0.1, 0.15) is 0 Å². The summed E-state index contributed by atoms with van der Waals surface area (Å²) < 4.78 is 0. The number of carboxylic acids is 1. The first-order valence-electron chi connectivity index (χ1n) is 5.97. The molecule has 1 rings (SSSR count). The predicted octanol–water partition coefficient (Wildman–Crippen LogP) is 3.60. The summed E-state index contributed by atoms with van der Waals surface area (Å²) in [6, 6.07) is 11.2. The van der Waals surface area contributed by atoms with Crippen LogP contribution in [0.25, 0.3) is 0 Å². The third kappa shape index (κ3) is 10.3. The van der Waals surface area contributed by atoms with Crippen molar-refractivity contribution >= 4 is 18.4 Å². The van der Waals surface area contributed by atoms with Gasteiger partial charge in [0, 0.05) is 18.2 Å². The van der Waals surface area contributed by atoms with Gasteiger partial charge in [0.25, 0.3) is 0 Å². The van der Waals surface area contributed by atoms with Gasteiger partial charge in [-0.05, 0) is 33.4 Å². The molecule has 0 unspecified atom stereocenters. The van der Waals surface area contributed by atoms with E-state index in [-0.39, 0.29) is 18.0 Å². The Labute approximate surface area is 122 Å². The predicted molar refractivity (Wildman–Crippen MR) is 82.7 cm³/mol. The topological polar surface area (TPSA) is 40.5 Å². The summed E-state index contributed by atoms with van der Waals surface area (Å²) in [5.74, 6) is -0.935. The maximum atomic E-state index is 9.60. The Morgan fingerprint density at radius 2 is 1.74 bits per heavy atom. The van der Waals surface area contributed by atoms with Crippen molar-refractivity contribution in [3.8, 4) is 0 Å². The molecule has 0 heterocycles. The molecule has 0 aliphatic rings. The van der Waals surface area contributed by atoms with Gasteiger partial charge in [-0.2, -0.15) is 0 Å². The Morgan fingerprint density at radius 3 is 2.05 bits per heavy atom. The van der Waals surface area contributed by atoms with E-state index in [0.717, 1.165) is 6.54 Å². The highest BCUT2D eigenvalue weighted by Crippen LogP contribution is 2.04. The number of halogens is 1. The molecular weight excluding hydrogens is 262 g/mol. The third-order valence-corrected chi connectivity index (χ3v) is 2.52. The minimum atomic E-state index is -0.935. The van der Waals surface area contributed by atoms with Crippen LogP contribution in [-0.2, 0) is 11.3 Å². The fourth-order valence-corrected chi connectivity index (χ4v) is 1.05. The van der Waals surface area contributed by atoms with Crippen molar-refractivity contribution in [1.82, 2.24) is 4.90 Å². The van der Waals surface area contributed by atoms with Crippen LogP contribution in [0.15, 0.2) is 42.5 Å². The second-order valence-corrected chi connectivity index (χ2v) is 4.58. The van der Waals surface area contributed by atoms with Gasteiger partial charge < -0.3 is 5.11 Å². The van der Waals surface area contributed by atoms with Crippen LogP contribution in [0.5, 0.6) is 0 Å². The van der Waals surface area contributed by atoms with Gasteiger partial charge in [0.2, 0.25) is 0 Å². The third-order valence-electron chi connectivity index (χ3n) is 2.52. The zero-order valence-corrected chi connectivity index (χ0v) is 12.9. The van der Waals surface area contributed by atoms with Crippen molar-refractivity contribution in [2.24, 2.45) is 0 Å². The van der Waals surface area contributed by atoms with Crippen LogP contribution in [-0.4, -0.2) is 29.1 Å². The lowest BCUT2D eigenvalue weighted by molar-refractivity contribution is -0.132. The standard InChI is InChI=1S/C11H17N.C4H6O2.ClH/c1-10(2)12(3)9-11-7-5-4-6-8-11;1-3(2)4(5)6;/h4-8,10H,9H2,1-3H3;1H2,2H3,(H,5,6);1H. The number of rotatable bonds is 4. The van der Waals surface area contributed by atoms with Crippen LogP contribution < -0.4 is 0 Å². The second kappa shape index (κ2) is 10.6. The molecule has 0 bridgehead atoms. The van der Waals surface area contributed by atoms with Crippen LogP contribution in [0.1, 0.15) is 26.3 Å². The molecule has 0 saturated heterocycles. The zero-order chi connectivity index (χ0) is 14.1. The smallest absolute Gasteiger partial charge is 0.330 e. The van der Waals surface area contributed by atoms with E-state index < -0.39 is 5.97 Å². The van der Waals surface area contributed by atoms with E-state index >= 15 is 0 Å². The lowest BCUT2D eigenvalue weighted by Crippen LogP contribution is -2.25. The first-order valence-corrected chi connectivity index (χ1v) is 5.97. The molecule has 0 aliphatic carbocycles. The van der Waals surface area contributed by atoms with Gasteiger partial charge in [0.15, 0.2) is 0 Å². The molecular formula is C15H24ClNO2. The highest BCUT2D eigenvalue weighted by atomic mass is 35.5. The molecule has 0 saturated carbocycles. The fourth-order valence-electron chi connectivity index (χ4n) is 1.05. The molecule has 4 heteroatoms. The number of benzene rings is 1. The Morgan fingerprint density at radius 1 is 1.32 bits per heavy atom. The summed E-state index contributed by atoms with van der Waals surface area (Å²) >= 11 is 0. The van der Waals surface area contributed by atoms with Crippen molar-refractivity contribution in [1.29, 1.82) is 0 Å². The average molecular weight is 286 g/mol. The van der Waals surface area contributed by atoms with Gasteiger partial charge in [-0.1, -0.05) is 36.9 Å². The number of carboxylic acid groups (broad SMARTS) is 1. The number of aliphatic carboxylic acids is 1. The molecule has 1 aromatic carbocycles. The molecule has 3 nitrogen and oxygen atoms in total. The summed E-state index contributed by atoms with van der Waals surface area (Å²) in [7, 11) is 2.15. The SMILES string of the molecule is C=C(C)C(=O)O.CC(C)N(C)Cc1ccccc1.Cl. The second-order valence-electron chi connectivity index (χ2n) is 4.58. The van der Waals surface area contributed by atoms with Gasteiger partial charge in [-0.25, -0.2) is 4.79 Å². The van der Waals surface area contributed by atoms with Gasteiger partial charge >= 0.3 is 5.97 Å².